The summed E-state index contributed by atoms with van der Waals surface area (Å²) in [6.07, 6.45) is 2.06. The molecule has 1 aromatic rings. The smallest absolute Gasteiger partial charge is 0.251 e. The lowest BCUT2D eigenvalue weighted by Crippen LogP contribution is -2.42. The van der Waals surface area contributed by atoms with E-state index in [4.69, 9.17) is 4.74 Å². The van der Waals surface area contributed by atoms with Crippen LogP contribution in [0.2, 0.25) is 0 Å². The van der Waals surface area contributed by atoms with E-state index in [1.54, 1.807) is 12.1 Å². The molecule has 6 nitrogen and oxygen atoms in total. The third-order valence-electron chi connectivity index (χ3n) is 4.52. The predicted molar refractivity (Wildman–Crippen MR) is 92.9 cm³/mol. The molecular weight excluding hydrogens is 328 g/mol. The van der Waals surface area contributed by atoms with E-state index < -0.39 is 9.84 Å². The standard InChI is InChI=1S/C17H26N2O4S/c1-17(7-9-18-10-8-17)13-19-16(20)14-3-5-15(6-4-14)24(21,22)12-11-23-2/h3-6,18H,7-13H2,1-2H3,(H,19,20). The summed E-state index contributed by atoms with van der Waals surface area (Å²) in [5.41, 5.74) is 0.586. The third kappa shape index (κ3) is 5.03. The Bertz CT molecular complexity index is 650. The first-order valence-corrected chi connectivity index (χ1v) is 9.82. The van der Waals surface area contributed by atoms with E-state index in [2.05, 4.69) is 17.6 Å². The highest BCUT2D eigenvalue weighted by molar-refractivity contribution is 7.91. The molecule has 2 N–H and O–H groups in total. The van der Waals surface area contributed by atoms with Crippen molar-refractivity contribution in [3.63, 3.8) is 0 Å². The SMILES string of the molecule is COCCS(=O)(=O)c1ccc(C(=O)NCC2(C)CCNCC2)cc1. The number of nitrogens with one attached hydrogen (secondary N) is 2. The molecule has 0 bridgehead atoms. The normalized spacial score (nSPS) is 17.4. The maximum Gasteiger partial charge on any atom is 0.251 e. The van der Waals surface area contributed by atoms with E-state index >= 15 is 0 Å². The van der Waals surface area contributed by atoms with E-state index in [-0.39, 0.29) is 28.6 Å². The summed E-state index contributed by atoms with van der Waals surface area (Å²) in [7, 11) is -1.90. The van der Waals surface area contributed by atoms with Crippen LogP contribution in [0.15, 0.2) is 29.2 Å². The van der Waals surface area contributed by atoms with Gasteiger partial charge in [0.2, 0.25) is 0 Å². The Labute approximate surface area is 143 Å². The molecule has 1 aliphatic heterocycles. The number of carbonyl (C=O) groups excluding carboxylic acids is 1. The molecule has 1 amide bonds. The van der Waals surface area contributed by atoms with Gasteiger partial charge in [-0.25, -0.2) is 8.42 Å². The van der Waals surface area contributed by atoms with E-state index in [9.17, 15) is 13.2 Å². The van der Waals surface area contributed by atoms with E-state index in [0.29, 0.717) is 12.1 Å². The van der Waals surface area contributed by atoms with Crippen molar-refractivity contribution in [1.82, 2.24) is 10.6 Å². The Balaban J connectivity index is 1.96. The van der Waals surface area contributed by atoms with Gasteiger partial charge in [0.15, 0.2) is 9.84 Å². The second kappa shape index (κ2) is 8.09. The molecule has 0 aliphatic carbocycles. The van der Waals surface area contributed by atoms with Gasteiger partial charge in [-0.1, -0.05) is 6.92 Å². The van der Waals surface area contributed by atoms with Crippen LogP contribution in [0.4, 0.5) is 0 Å². The average molecular weight is 354 g/mol. The number of hydrogen-bond acceptors (Lipinski definition) is 5. The van der Waals surface area contributed by atoms with Crippen LogP contribution >= 0.6 is 0 Å². The molecular formula is C17H26N2O4S. The van der Waals surface area contributed by atoms with Gasteiger partial charge in [0.25, 0.3) is 5.91 Å². The number of carbonyl (C=O) groups is 1. The van der Waals surface area contributed by atoms with E-state index in [1.807, 2.05) is 0 Å². The molecule has 0 saturated carbocycles. The van der Waals surface area contributed by atoms with Crippen LogP contribution in [0.3, 0.4) is 0 Å². The van der Waals surface area contributed by atoms with Crippen molar-refractivity contribution in [1.29, 1.82) is 0 Å². The highest BCUT2D eigenvalue weighted by Crippen LogP contribution is 2.26. The summed E-state index contributed by atoms with van der Waals surface area (Å²) in [6, 6.07) is 6.07. The maximum absolute atomic E-state index is 12.3. The van der Waals surface area contributed by atoms with Crippen LogP contribution in [0.5, 0.6) is 0 Å². The van der Waals surface area contributed by atoms with Crippen LogP contribution in [0.1, 0.15) is 30.1 Å². The monoisotopic (exact) mass is 354 g/mol. The lowest BCUT2D eigenvalue weighted by molar-refractivity contribution is 0.0922. The van der Waals surface area contributed by atoms with Crippen LogP contribution in [-0.2, 0) is 14.6 Å². The molecule has 0 atom stereocenters. The van der Waals surface area contributed by atoms with Crippen molar-refractivity contribution in [2.75, 3.05) is 39.1 Å². The van der Waals surface area contributed by atoms with Crippen molar-refractivity contribution in [3.8, 4) is 0 Å². The van der Waals surface area contributed by atoms with Crippen molar-refractivity contribution in [2.24, 2.45) is 5.41 Å². The fraction of sp³-hybridized carbons (Fsp3) is 0.588. The number of ether oxygens (including phenoxy) is 1. The van der Waals surface area contributed by atoms with Crippen molar-refractivity contribution in [2.45, 2.75) is 24.7 Å². The van der Waals surface area contributed by atoms with Crippen molar-refractivity contribution >= 4 is 15.7 Å². The van der Waals surface area contributed by atoms with Gasteiger partial charge < -0.3 is 15.4 Å². The first-order chi connectivity index (χ1) is 11.4. The second-order valence-corrected chi connectivity index (χ2v) is 8.69. The molecule has 1 saturated heterocycles. The molecule has 0 aromatic heterocycles. The molecule has 134 valence electrons. The first kappa shape index (κ1) is 18.9. The number of amides is 1. The summed E-state index contributed by atoms with van der Waals surface area (Å²) in [5, 5.41) is 6.28. The number of methoxy groups -OCH3 is 1. The lowest BCUT2D eigenvalue weighted by atomic mass is 9.81. The van der Waals surface area contributed by atoms with Crippen LogP contribution in [-0.4, -0.2) is 53.4 Å². The number of piperidine rings is 1. The summed E-state index contributed by atoms with van der Waals surface area (Å²) < 4.78 is 28.9. The zero-order valence-electron chi connectivity index (χ0n) is 14.3. The molecule has 1 aromatic carbocycles. The molecule has 1 heterocycles. The topological polar surface area (TPSA) is 84.5 Å². The Morgan fingerprint density at radius 3 is 2.46 bits per heavy atom. The van der Waals surface area contributed by atoms with Crippen LogP contribution in [0, 0.1) is 5.41 Å². The third-order valence-corrected chi connectivity index (χ3v) is 6.21. The quantitative estimate of drug-likeness (QED) is 0.769. The van der Waals surface area contributed by atoms with Crippen molar-refractivity contribution < 1.29 is 17.9 Å². The van der Waals surface area contributed by atoms with E-state index in [1.165, 1.54) is 19.2 Å². The first-order valence-electron chi connectivity index (χ1n) is 8.17. The molecule has 1 fully saturated rings. The number of hydrogen-bond donors (Lipinski definition) is 2. The fourth-order valence-electron chi connectivity index (χ4n) is 2.73. The molecule has 0 spiro atoms. The Morgan fingerprint density at radius 1 is 1.25 bits per heavy atom. The van der Waals surface area contributed by atoms with Gasteiger partial charge in [0, 0.05) is 19.2 Å². The largest absolute Gasteiger partial charge is 0.384 e. The fourth-order valence-corrected chi connectivity index (χ4v) is 3.90. The van der Waals surface area contributed by atoms with Gasteiger partial charge in [-0.05, 0) is 55.6 Å². The summed E-state index contributed by atoms with van der Waals surface area (Å²) in [4.78, 5) is 12.5. The average Bonchev–Trinajstić information content (AvgIpc) is 2.59. The number of benzene rings is 1. The zero-order chi connectivity index (χ0) is 17.6. The molecule has 0 unspecified atom stereocenters. The number of rotatable bonds is 7. The Kier molecular flexibility index (Phi) is 6.37. The summed E-state index contributed by atoms with van der Waals surface area (Å²) in [5.74, 6) is -0.239. The van der Waals surface area contributed by atoms with Gasteiger partial charge in [-0.3, -0.25) is 4.79 Å². The van der Waals surface area contributed by atoms with Gasteiger partial charge in [-0.2, -0.15) is 0 Å². The molecule has 2 rings (SSSR count). The highest BCUT2D eigenvalue weighted by Gasteiger charge is 2.27. The summed E-state index contributed by atoms with van der Waals surface area (Å²) >= 11 is 0. The second-order valence-electron chi connectivity index (χ2n) is 6.58. The number of sulfone groups is 1. The molecule has 7 heteroatoms. The molecule has 0 radical (unpaired) electrons. The molecule has 24 heavy (non-hydrogen) atoms. The minimum atomic E-state index is -3.37. The van der Waals surface area contributed by atoms with Gasteiger partial charge in [0.1, 0.15) is 0 Å². The van der Waals surface area contributed by atoms with Crippen LogP contribution in [0.25, 0.3) is 0 Å². The van der Waals surface area contributed by atoms with E-state index in [0.717, 1.165) is 25.9 Å². The minimum Gasteiger partial charge on any atom is -0.384 e. The lowest BCUT2D eigenvalue weighted by Gasteiger charge is -2.34. The zero-order valence-corrected chi connectivity index (χ0v) is 15.1. The minimum absolute atomic E-state index is 0.0680. The van der Waals surface area contributed by atoms with Gasteiger partial charge in [0.05, 0.1) is 17.3 Å². The van der Waals surface area contributed by atoms with Gasteiger partial charge in [-0.15, -0.1) is 0 Å². The van der Waals surface area contributed by atoms with Crippen molar-refractivity contribution in [3.05, 3.63) is 29.8 Å². The summed E-state index contributed by atoms with van der Waals surface area (Å²) in [6.45, 7) is 4.90. The Morgan fingerprint density at radius 2 is 1.88 bits per heavy atom. The highest BCUT2D eigenvalue weighted by atomic mass is 32.2. The Hall–Kier alpha value is -1.44. The van der Waals surface area contributed by atoms with Gasteiger partial charge >= 0.3 is 0 Å². The predicted octanol–water partition coefficient (Wildman–Crippen LogP) is 1.23. The maximum atomic E-state index is 12.3. The van der Waals surface area contributed by atoms with Crippen LogP contribution < -0.4 is 10.6 Å². The molecule has 1 aliphatic rings.